The highest BCUT2D eigenvalue weighted by molar-refractivity contribution is 5.70. The molecule has 3 rings (SSSR count). The second-order valence-corrected chi connectivity index (χ2v) is 5.69. The van der Waals surface area contributed by atoms with E-state index in [1.807, 2.05) is 6.92 Å². The summed E-state index contributed by atoms with van der Waals surface area (Å²) in [6, 6.07) is 2.23. The number of nitrogens with zero attached hydrogens (tertiary/aromatic N) is 2. The lowest BCUT2D eigenvalue weighted by Gasteiger charge is -2.07. The third-order valence-electron chi connectivity index (χ3n) is 4.01. The molecule has 2 aromatic heterocycles. The topological polar surface area (TPSA) is 43.6 Å². The number of fused-ring (bicyclic) bond motifs is 1. The smallest absolute Gasteiger partial charge is 0.306 e. The number of hydrogen-bond donors (Lipinski definition) is 0. The molecule has 1 saturated carbocycles. The van der Waals surface area contributed by atoms with Gasteiger partial charge in [-0.15, -0.1) is 0 Å². The van der Waals surface area contributed by atoms with Gasteiger partial charge in [0.25, 0.3) is 0 Å². The SMILES string of the molecule is CCOC(=O)CCc1cc(C2CC2)cn2cc(CC)nc12. The zero-order valence-corrected chi connectivity index (χ0v) is 12.8. The van der Waals surface area contributed by atoms with Crippen LogP contribution < -0.4 is 0 Å². The average molecular weight is 286 g/mol. The summed E-state index contributed by atoms with van der Waals surface area (Å²) in [6.45, 7) is 4.40. The standard InChI is InChI=1S/C17H22N2O2/c1-3-15-11-19-10-14(12-5-6-12)9-13(17(19)18-15)7-8-16(20)21-4-2/h9-12H,3-8H2,1-2H3. The van der Waals surface area contributed by atoms with Gasteiger partial charge in [0.15, 0.2) is 0 Å². The van der Waals surface area contributed by atoms with Crippen molar-refractivity contribution >= 4 is 11.6 Å². The molecule has 2 aromatic rings. The number of esters is 1. The lowest BCUT2D eigenvalue weighted by Crippen LogP contribution is -2.06. The van der Waals surface area contributed by atoms with Crippen molar-refractivity contribution in [3.8, 4) is 0 Å². The van der Waals surface area contributed by atoms with Gasteiger partial charge in [-0.05, 0) is 49.7 Å². The van der Waals surface area contributed by atoms with Gasteiger partial charge in [-0.25, -0.2) is 4.98 Å². The molecule has 0 N–H and O–H groups in total. The van der Waals surface area contributed by atoms with Gasteiger partial charge in [-0.3, -0.25) is 4.79 Å². The molecule has 2 heterocycles. The van der Waals surface area contributed by atoms with Crippen LogP contribution in [0.3, 0.4) is 0 Å². The normalized spacial score (nSPS) is 14.6. The maximum absolute atomic E-state index is 11.6. The Labute approximate surface area is 125 Å². The molecular weight excluding hydrogens is 264 g/mol. The maximum Gasteiger partial charge on any atom is 0.306 e. The first-order valence-electron chi connectivity index (χ1n) is 7.87. The zero-order valence-electron chi connectivity index (χ0n) is 12.8. The molecule has 0 bridgehead atoms. The van der Waals surface area contributed by atoms with Crippen LogP contribution >= 0.6 is 0 Å². The number of ether oxygens (including phenoxy) is 1. The van der Waals surface area contributed by atoms with E-state index in [1.54, 1.807) is 0 Å². The minimum Gasteiger partial charge on any atom is -0.466 e. The number of carbonyl (C=O) groups excluding carboxylic acids is 1. The highest BCUT2D eigenvalue weighted by Crippen LogP contribution is 2.40. The Balaban J connectivity index is 1.90. The van der Waals surface area contributed by atoms with E-state index in [9.17, 15) is 4.79 Å². The summed E-state index contributed by atoms with van der Waals surface area (Å²) in [4.78, 5) is 16.3. The Bertz CT molecular complexity index is 656. The minimum atomic E-state index is -0.130. The van der Waals surface area contributed by atoms with Crippen LogP contribution in [-0.2, 0) is 22.4 Å². The van der Waals surface area contributed by atoms with E-state index in [0.717, 1.165) is 23.3 Å². The van der Waals surface area contributed by atoms with Gasteiger partial charge in [-0.1, -0.05) is 13.0 Å². The molecular formula is C17H22N2O2. The molecule has 1 fully saturated rings. The number of imidazole rings is 1. The molecule has 21 heavy (non-hydrogen) atoms. The fourth-order valence-electron chi connectivity index (χ4n) is 2.71. The molecule has 4 nitrogen and oxygen atoms in total. The number of carbonyl (C=O) groups is 1. The highest BCUT2D eigenvalue weighted by atomic mass is 16.5. The van der Waals surface area contributed by atoms with E-state index >= 15 is 0 Å². The summed E-state index contributed by atoms with van der Waals surface area (Å²) in [5, 5.41) is 0. The molecule has 1 aliphatic rings. The molecule has 0 saturated heterocycles. The number of aryl methyl sites for hydroxylation is 2. The van der Waals surface area contributed by atoms with Crippen LogP contribution in [0.25, 0.3) is 5.65 Å². The van der Waals surface area contributed by atoms with Crippen molar-refractivity contribution in [2.75, 3.05) is 6.61 Å². The van der Waals surface area contributed by atoms with Crippen LogP contribution in [0.5, 0.6) is 0 Å². The van der Waals surface area contributed by atoms with Crippen LogP contribution in [0.4, 0.5) is 0 Å². The second-order valence-electron chi connectivity index (χ2n) is 5.69. The Kier molecular flexibility index (Phi) is 3.95. The van der Waals surface area contributed by atoms with Gasteiger partial charge >= 0.3 is 5.97 Å². The van der Waals surface area contributed by atoms with Crippen molar-refractivity contribution < 1.29 is 9.53 Å². The number of hydrogen-bond acceptors (Lipinski definition) is 3. The van der Waals surface area contributed by atoms with E-state index in [2.05, 4.69) is 34.8 Å². The summed E-state index contributed by atoms with van der Waals surface area (Å²) < 4.78 is 7.16. The first kappa shape index (κ1) is 14.1. The predicted octanol–water partition coefficient (Wildman–Crippen LogP) is 3.27. The lowest BCUT2D eigenvalue weighted by molar-refractivity contribution is -0.143. The van der Waals surface area contributed by atoms with Crippen molar-refractivity contribution in [3.63, 3.8) is 0 Å². The molecule has 0 unspecified atom stereocenters. The van der Waals surface area contributed by atoms with E-state index in [4.69, 9.17) is 4.74 Å². The van der Waals surface area contributed by atoms with Gasteiger partial charge in [-0.2, -0.15) is 0 Å². The van der Waals surface area contributed by atoms with Crippen LogP contribution in [0.2, 0.25) is 0 Å². The Morgan fingerprint density at radius 2 is 2.19 bits per heavy atom. The van der Waals surface area contributed by atoms with Crippen molar-refractivity contribution in [1.82, 2.24) is 9.38 Å². The molecule has 0 atom stereocenters. The largest absolute Gasteiger partial charge is 0.466 e. The third kappa shape index (κ3) is 3.09. The Hall–Kier alpha value is -1.84. The van der Waals surface area contributed by atoms with E-state index in [0.29, 0.717) is 25.4 Å². The number of aromatic nitrogens is 2. The monoisotopic (exact) mass is 286 g/mol. The molecule has 0 radical (unpaired) electrons. The van der Waals surface area contributed by atoms with Gasteiger partial charge in [0.05, 0.1) is 12.3 Å². The van der Waals surface area contributed by atoms with Gasteiger partial charge < -0.3 is 9.14 Å². The summed E-state index contributed by atoms with van der Waals surface area (Å²) in [5.74, 6) is 0.568. The summed E-state index contributed by atoms with van der Waals surface area (Å²) >= 11 is 0. The quantitative estimate of drug-likeness (QED) is 0.765. The highest BCUT2D eigenvalue weighted by Gasteiger charge is 2.25. The summed E-state index contributed by atoms with van der Waals surface area (Å²) in [5.41, 5.74) is 4.62. The van der Waals surface area contributed by atoms with Crippen LogP contribution in [-0.4, -0.2) is 22.0 Å². The molecule has 0 spiro atoms. The molecule has 112 valence electrons. The first-order chi connectivity index (χ1) is 10.2. The fraction of sp³-hybridized carbons (Fsp3) is 0.529. The van der Waals surface area contributed by atoms with Crippen LogP contribution in [0.1, 0.15) is 55.8 Å². The molecule has 0 aliphatic heterocycles. The predicted molar refractivity (Wildman–Crippen MR) is 81.5 cm³/mol. The molecule has 0 aromatic carbocycles. The Morgan fingerprint density at radius 3 is 2.86 bits per heavy atom. The molecule has 1 aliphatic carbocycles. The second kappa shape index (κ2) is 5.88. The summed E-state index contributed by atoms with van der Waals surface area (Å²) in [6.07, 6.45) is 8.91. The fourth-order valence-corrected chi connectivity index (χ4v) is 2.71. The number of pyridine rings is 1. The third-order valence-corrected chi connectivity index (χ3v) is 4.01. The van der Waals surface area contributed by atoms with Gasteiger partial charge in [0, 0.05) is 18.8 Å². The van der Waals surface area contributed by atoms with Gasteiger partial charge in [0.2, 0.25) is 0 Å². The van der Waals surface area contributed by atoms with Gasteiger partial charge in [0.1, 0.15) is 5.65 Å². The maximum atomic E-state index is 11.6. The first-order valence-corrected chi connectivity index (χ1v) is 7.87. The lowest BCUT2D eigenvalue weighted by atomic mass is 10.1. The van der Waals surface area contributed by atoms with Crippen LogP contribution in [0, 0.1) is 0 Å². The minimum absolute atomic E-state index is 0.130. The number of rotatable bonds is 6. The average Bonchev–Trinajstić information content (AvgIpc) is 3.24. The van der Waals surface area contributed by atoms with Crippen molar-refractivity contribution in [2.24, 2.45) is 0 Å². The van der Waals surface area contributed by atoms with Crippen LogP contribution in [0.15, 0.2) is 18.5 Å². The van der Waals surface area contributed by atoms with Crippen molar-refractivity contribution in [1.29, 1.82) is 0 Å². The molecule has 4 heteroatoms. The summed E-state index contributed by atoms with van der Waals surface area (Å²) in [7, 11) is 0. The van der Waals surface area contributed by atoms with E-state index < -0.39 is 0 Å². The van der Waals surface area contributed by atoms with Crippen molar-refractivity contribution in [3.05, 3.63) is 35.3 Å². The molecule has 0 amide bonds. The van der Waals surface area contributed by atoms with Crippen molar-refractivity contribution in [2.45, 2.75) is 51.9 Å². The van der Waals surface area contributed by atoms with E-state index in [1.165, 1.54) is 18.4 Å². The van der Waals surface area contributed by atoms with E-state index in [-0.39, 0.29) is 5.97 Å². The zero-order chi connectivity index (χ0) is 14.8. The Morgan fingerprint density at radius 1 is 1.38 bits per heavy atom.